The summed E-state index contributed by atoms with van der Waals surface area (Å²) in [6, 6.07) is 0. The summed E-state index contributed by atoms with van der Waals surface area (Å²) in [4.78, 5) is 1.39. The van der Waals surface area contributed by atoms with E-state index in [9.17, 15) is 44.0 Å². The molecule has 13 heteroatoms. The van der Waals surface area contributed by atoms with Crippen LogP contribution in [-0.2, 0) is 14.4 Å². The van der Waals surface area contributed by atoms with Crippen molar-refractivity contribution in [3.05, 3.63) is 0 Å². The Morgan fingerprint density at radius 3 is 1.24 bits per heavy atom. The lowest BCUT2D eigenvalue weighted by Crippen LogP contribution is -2.51. The molecule has 0 radical (unpaired) electrons. The predicted molar refractivity (Wildman–Crippen MR) is 25.3 cm³/mol. The molecule has 0 saturated carbocycles. The third-order valence-corrected chi connectivity index (χ3v) is 0.920. The third-order valence-electron chi connectivity index (χ3n) is 0.920. The van der Waals surface area contributed by atoms with E-state index in [0.717, 1.165) is 0 Å². The molecule has 0 N–H and O–H groups in total. The van der Waals surface area contributed by atoms with E-state index in [1.807, 2.05) is 0 Å². The minimum absolute atomic E-state index is 1.39. The molecule has 0 aliphatic carbocycles. The maximum atomic E-state index is 12.1. The molecule has 0 aliphatic rings. The number of ether oxygens (including phenoxy) is 2. The summed E-state index contributed by atoms with van der Waals surface area (Å²) < 4.78 is 119. The van der Waals surface area contributed by atoms with Crippen molar-refractivity contribution >= 4 is 0 Å². The van der Waals surface area contributed by atoms with Gasteiger partial charge in [0.25, 0.3) is 0 Å². The zero-order valence-electron chi connectivity index (χ0n) is 7.00. The summed E-state index contributed by atoms with van der Waals surface area (Å²) in [5, 5.41) is 0. The van der Waals surface area contributed by atoms with Crippen LogP contribution in [-0.4, -0.2) is 24.9 Å². The highest BCUT2D eigenvalue weighted by Gasteiger charge is 2.68. The molecule has 3 nitrogen and oxygen atoms in total. The predicted octanol–water partition coefficient (Wildman–Crippen LogP) is 3.18. The van der Waals surface area contributed by atoms with Gasteiger partial charge in [-0.05, 0) is 4.53 Å². The Morgan fingerprint density at radius 1 is 0.588 bits per heavy atom. The topological polar surface area (TPSA) is 27.7 Å². The van der Waals surface area contributed by atoms with Crippen molar-refractivity contribution in [3.63, 3.8) is 0 Å². The SMILES string of the molecule is FOC(F)(F)OC(F)(F)C(F)(F)OC(F)(F)F. The van der Waals surface area contributed by atoms with Crippen molar-refractivity contribution in [2.24, 2.45) is 0 Å². The van der Waals surface area contributed by atoms with Crippen LogP contribution in [0.3, 0.4) is 0 Å². The zero-order chi connectivity index (χ0) is 14.1. The van der Waals surface area contributed by atoms with E-state index in [-0.39, 0.29) is 0 Å². The van der Waals surface area contributed by atoms with Crippen LogP contribution in [0.5, 0.6) is 0 Å². The number of rotatable bonds is 5. The molecule has 0 unspecified atom stereocenters. The zero-order valence-corrected chi connectivity index (χ0v) is 7.00. The Balaban J connectivity index is 4.91. The molecule has 0 aromatic heterocycles. The molecule has 0 saturated heterocycles. The van der Waals surface area contributed by atoms with Crippen molar-refractivity contribution in [2.75, 3.05) is 0 Å². The Bertz CT molecular complexity index is 259. The monoisotopic (exact) mass is 286 g/mol. The second-order valence-corrected chi connectivity index (χ2v) is 2.22. The maximum Gasteiger partial charge on any atom is 0.527 e. The van der Waals surface area contributed by atoms with Crippen LogP contribution in [0.2, 0.25) is 0 Å². The molecule has 0 atom stereocenters. The number of halogens is 10. The molecule has 0 aliphatic heterocycles. The van der Waals surface area contributed by atoms with Crippen molar-refractivity contribution in [1.29, 1.82) is 0 Å². The molecule has 0 aromatic carbocycles. The van der Waals surface area contributed by atoms with Gasteiger partial charge in [-0.3, -0.25) is 0 Å². The normalized spacial score (nSPS) is 15.2. The number of hydrogen-bond donors (Lipinski definition) is 0. The molecule has 17 heavy (non-hydrogen) atoms. The molecule has 0 bridgehead atoms. The summed E-state index contributed by atoms with van der Waals surface area (Å²) in [5.74, 6) is 0. The summed E-state index contributed by atoms with van der Waals surface area (Å²) in [7, 11) is 0. The lowest BCUT2D eigenvalue weighted by molar-refractivity contribution is -0.574. The molecule has 104 valence electrons. The maximum absolute atomic E-state index is 12.1. The first-order chi connectivity index (χ1) is 7.22. The van der Waals surface area contributed by atoms with Gasteiger partial charge in [-0.2, -0.15) is 17.6 Å². The molecule has 0 fully saturated rings. The average molecular weight is 286 g/mol. The largest absolute Gasteiger partial charge is 0.527 e. The highest BCUT2D eigenvalue weighted by molar-refractivity contribution is 4.67. The summed E-state index contributed by atoms with van der Waals surface area (Å²) in [5.41, 5.74) is 0. The van der Waals surface area contributed by atoms with Crippen molar-refractivity contribution < 1.29 is 58.5 Å². The van der Waals surface area contributed by atoms with E-state index in [4.69, 9.17) is 0 Å². The van der Waals surface area contributed by atoms with Gasteiger partial charge in [0, 0.05) is 0 Å². The van der Waals surface area contributed by atoms with Crippen LogP contribution >= 0.6 is 0 Å². The first-order valence-corrected chi connectivity index (χ1v) is 3.13. The van der Waals surface area contributed by atoms with Crippen LogP contribution < -0.4 is 0 Å². The minimum atomic E-state index is -6.52. The first-order valence-electron chi connectivity index (χ1n) is 3.13. The lowest BCUT2D eigenvalue weighted by atomic mass is 10.6. The van der Waals surface area contributed by atoms with E-state index < -0.39 is 24.9 Å². The van der Waals surface area contributed by atoms with Crippen LogP contribution in [0.1, 0.15) is 0 Å². The molecule has 0 rings (SSSR count). The average Bonchev–Trinajstić information content (AvgIpc) is 1.97. The minimum Gasteiger partial charge on any atom is -0.220 e. The van der Waals surface area contributed by atoms with Gasteiger partial charge in [0.1, 0.15) is 0 Å². The van der Waals surface area contributed by atoms with E-state index in [2.05, 4.69) is 0 Å². The smallest absolute Gasteiger partial charge is 0.220 e. The van der Waals surface area contributed by atoms with Crippen LogP contribution in [0.25, 0.3) is 0 Å². The summed E-state index contributed by atoms with van der Waals surface area (Å²) in [6.45, 7) is 0. The molecule has 0 heterocycles. The molecule has 0 spiro atoms. The fourth-order valence-corrected chi connectivity index (χ4v) is 0.429. The van der Waals surface area contributed by atoms with Gasteiger partial charge in [0.15, 0.2) is 0 Å². The first kappa shape index (κ1) is 16.2. The van der Waals surface area contributed by atoms with Gasteiger partial charge in [-0.1, -0.05) is 4.94 Å². The van der Waals surface area contributed by atoms with Crippen LogP contribution in [0, 0.1) is 0 Å². The van der Waals surface area contributed by atoms with Crippen molar-refractivity contribution in [2.45, 2.75) is 24.9 Å². The number of alkyl halides is 9. The summed E-state index contributed by atoms with van der Waals surface area (Å²) in [6.07, 6.45) is -25.2. The van der Waals surface area contributed by atoms with Gasteiger partial charge in [0.05, 0.1) is 0 Å². The van der Waals surface area contributed by atoms with Gasteiger partial charge in [-0.15, -0.1) is 22.0 Å². The van der Waals surface area contributed by atoms with Gasteiger partial charge in [0.2, 0.25) is 0 Å². The molecular weight excluding hydrogens is 286 g/mol. The van der Waals surface area contributed by atoms with E-state index in [1.165, 1.54) is 4.94 Å². The Kier molecular flexibility index (Phi) is 4.24. The van der Waals surface area contributed by atoms with Gasteiger partial charge in [-0.25, -0.2) is 9.47 Å². The Labute approximate surface area is 84.7 Å². The van der Waals surface area contributed by atoms with E-state index >= 15 is 0 Å². The second kappa shape index (κ2) is 4.45. The standard InChI is InChI=1S/C4F10O3/c5-1(6,15-3(9,10)11)2(7,8)16-4(12,13)17-14. The Hall–Kier alpha value is -0.820. The van der Waals surface area contributed by atoms with Crippen molar-refractivity contribution in [3.8, 4) is 0 Å². The van der Waals surface area contributed by atoms with Crippen LogP contribution in [0.4, 0.5) is 44.0 Å². The third kappa shape index (κ3) is 4.91. The fraction of sp³-hybridized carbons (Fsp3) is 1.00. The highest BCUT2D eigenvalue weighted by Crippen LogP contribution is 2.43. The highest BCUT2D eigenvalue weighted by atomic mass is 19.4. The molecule has 0 aromatic rings. The number of hydrogen-bond acceptors (Lipinski definition) is 3. The second-order valence-electron chi connectivity index (χ2n) is 2.22. The summed E-state index contributed by atoms with van der Waals surface area (Å²) >= 11 is 0. The van der Waals surface area contributed by atoms with E-state index in [1.54, 1.807) is 9.47 Å². The van der Waals surface area contributed by atoms with Gasteiger partial charge >= 0.3 is 24.9 Å². The Morgan fingerprint density at radius 2 is 0.941 bits per heavy atom. The van der Waals surface area contributed by atoms with Gasteiger partial charge < -0.3 is 0 Å². The van der Waals surface area contributed by atoms with E-state index in [0.29, 0.717) is 0 Å². The lowest BCUT2D eigenvalue weighted by Gasteiger charge is -2.27. The molecule has 0 amide bonds. The molecular formula is C4F10O3. The quantitative estimate of drug-likeness (QED) is 0.574. The van der Waals surface area contributed by atoms with Crippen molar-refractivity contribution in [1.82, 2.24) is 0 Å². The van der Waals surface area contributed by atoms with Crippen LogP contribution in [0.15, 0.2) is 0 Å². The fourth-order valence-electron chi connectivity index (χ4n) is 0.429.